The van der Waals surface area contributed by atoms with Crippen molar-refractivity contribution >= 4 is 5.97 Å². The van der Waals surface area contributed by atoms with Crippen LogP contribution in [0.4, 0.5) is 0 Å². The molecule has 1 aliphatic rings. The Balaban J connectivity index is 2.40. The van der Waals surface area contributed by atoms with Gasteiger partial charge in [0.05, 0.1) is 6.54 Å². The lowest BCUT2D eigenvalue weighted by molar-refractivity contribution is -0.136. The Kier molecular flexibility index (Phi) is 0.982. The lowest BCUT2D eigenvalue weighted by Crippen LogP contribution is -2.10. The summed E-state index contributed by atoms with van der Waals surface area (Å²) in [5.74, 6) is -0.185. The highest BCUT2D eigenvalue weighted by molar-refractivity contribution is 5.73. The molecule has 0 atom stereocenters. The van der Waals surface area contributed by atoms with E-state index in [1.165, 1.54) is 0 Å². The molecular formula is C4H6NO2. The van der Waals surface area contributed by atoms with E-state index >= 15 is 0 Å². The van der Waals surface area contributed by atoms with E-state index in [-0.39, 0.29) is 5.97 Å². The zero-order chi connectivity index (χ0) is 5.28. The molecule has 0 unspecified atom stereocenters. The van der Waals surface area contributed by atoms with Gasteiger partial charge in [-0.05, 0) is 0 Å². The molecule has 0 aliphatic carbocycles. The van der Waals surface area contributed by atoms with Gasteiger partial charge in [-0.25, -0.2) is 0 Å². The first-order valence-electron chi connectivity index (χ1n) is 2.00. The normalized spacial score (nSPS) is 22.7. The fourth-order valence-electron chi connectivity index (χ4n) is 0.437. The number of esters is 1. The van der Waals surface area contributed by atoms with Crippen molar-refractivity contribution < 1.29 is 9.53 Å². The Morgan fingerprint density at radius 1 is 1.86 bits per heavy atom. The first kappa shape index (κ1) is 4.59. The van der Waals surface area contributed by atoms with Crippen molar-refractivity contribution in [3.63, 3.8) is 0 Å². The second-order valence-corrected chi connectivity index (χ2v) is 1.47. The standard InChI is InChI=1S/C4H6NO2/c1-5-2-4(6)7-3-5/h1-3H2. The average Bonchev–Trinajstić information content (AvgIpc) is 1.87. The molecule has 1 rings (SSSR count). The largest absolute Gasteiger partial charge is 0.449 e. The predicted molar refractivity (Wildman–Crippen MR) is 23.0 cm³/mol. The monoisotopic (exact) mass is 100 g/mol. The van der Waals surface area contributed by atoms with Gasteiger partial charge in [0.1, 0.15) is 6.73 Å². The van der Waals surface area contributed by atoms with Gasteiger partial charge in [-0.1, -0.05) is 0 Å². The molecule has 0 aromatic rings. The van der Waals surface area contributed by atoms with Crippen LogP contribution in [0.3, 0.4) is 0 Å². The summed E-state index contributed by atoms with van der Waals surface area (Å²) in [5.41, 5.74) is 0. The van der Waals surface area contributed by atoms with Crippen molar-refractivity contribution in [1.82, 2.24) is 4.90 Å². The fourth-order valence-corrected chi connectivity index (χ4v) is 0.437. The van der Waals surface area contributed by atoms with Gasteiger partial charge in [-0.3, -0.25) is 9.69 Å². The molecule has 0 saturated carbocycles. The lowest BCUT2D eigenvalue weighted by Gasteiger charge is -1.95. The van der Waals surface area contributed by atoms with Gasteiger partial charge in [0, 0.05) is 7.05 Å². The number of carbonyl (C=O) groups is 1. The molecule has 1 heterocycles. The van der Waals surface area contributed by atoms with E-state index in [2.05, 4.69) is 11.8 Å². The number of nitrogens with zero attached hydrogens (tertiary/aromatic N) is 1. The van der Waals surface area contributed by atoms with Gasteiger partial charge in [-0.15, -0.1) is 0 Å². The highest BCUT2D eigenvalue weighted by Crippen LogP contribution is 1.95. The van der Waals surface area contributed by atoms with Crippen LogP contribution in [0.2, 0.25) is 0 Å². The van der Waals surface area contributed by atoms with Crippen LogP contribution in [0.5, 0.6) is 0 Å². The third-order valence-electron chi connectivity index (χ3n) is 0.761. The molecular weight excluding hydrogens is 94.0 g/mol. The maximum absolute atomic E-state index is 10.1. The van der Waals surface area contributed by atoms with Crippen LogP contribution in [0, 0.1) is 7.05 Å². The second-order valence-electron chi connectivity index (χ2n) is 1.47. The van der Waals surface area contributed by atoms with Crippen molar-refractivity contribution in [2.75, 3.05) is 13.3 Å². The van der Waals surface area contributed by atoms with Crippen LogP contribution in [-0.2, 0) is 9.53 Å². The zero-order valence-corrected chi connectivity index (χ0v) is 3.89. The molecule has 1 radical (unpaired) electrons. The third-order valence-corrected chi connectivity index (χ3v) is 0.761. The molecule has 0 spiro atoms. The van der Waals surface area contributed by atoms with Crippen molar-refractivity contribution in [1.29, 1.82) is 0 Å². The summed E-state index contributed by atoms with van der Waals surface area (Å²) in [4.78, 5) is 11.7. The Labute approximate surface area is 41.9 Å². The van der Waals surface area contributed by atoms with E-state index < -0.39 is 0 Å². The molecule has 0 N–H and O–H groups in total. The molecule has 0 aromatic carbocycles. The maximum atomic E-state index is 10.1. The number of hydrogen-bond acceptors (Lipinski definition) is 3. The summed E-state index contributed by atoms with van der Waals surface area (Å²) >= 11 is 0. The van der Waals surface area contributed by atoms with Gasteiger partial charge < -0.3 is 4.74 Å². The first-order chi connectivity index (χ1) is 3.29. The van der Waals surface area contributed by atoms with Crippen LogP contribution in [0.1, 0.15) is 0 Å². The molecule has 3 heteroatoms. The van der Waals surface area contributed by atoms with Crippen LogP contribution in [0.15, 0.2) is 0 Å². The number of ether oxygens (including phenoxy) is 1. The zero-order valence-electron chi connectivity index (χ0n) is 3.89. The number of carbonyl (C=O) groups excluding carboxylic acids is 1. The minimum absolute atomic E-state index is 0.185. The summed E-state index contributed by atoms with van der Waals surface area (Å²) in [7, 11) is 3.48. The molecule has 1 fully saturated rings. The fraction of sp³-hybridized carbons (Fsp3) is 0.500. The third kappa shape index (κ3) is 0.899. The SMILES string of the molecule is [CH2]N1COC(=O)C1. The highest BCUT2D eigenvalue weighted by atomic mass is 16.6. The summed E-state index contributed by atoms with van der Waals surface area (Å²) in [6.07, 6.45) is 0. The van der Waals surface area contributed by atoms with Crippen LogP contribution in [-0.4, -0.2) is 24.1 Å². The minimum Gasteiger partial charge on any atom is -0.449 e. The first-order valence-corrected chi connectivity index (χ1v) is 2.00. The summed E-state index contributed by atoms with van der Waals surface area (Å²) in [6, 6.07) is 0. The molecule has 0 amide bonds. The van der Waals surface area contributed by atoms with Crippen molar-refractivity contribution in [3.05, 3.63) is 7.05 Å². The van der Waals surface area contributed by atoms with Gasteiger partial charge in [0.2, 0.25) is 0 Å². The van der Waals surface area contributed by atoms with Gasteiger partial charge >= 0.3 is 5.97 Å². The molecule has 1 aliphatic heterocycles. The van der Waals surface area contributed by atoms with Crippen LogP contribution in [0.25, 0.3) is 0 Å². The molecule has 3 nitrogen and oxygen atoms in total. The molecule has 7 heavy (non-hydrogen) atoms. The lowest BCUT2D eigenvalue weighted by atomic mass is 10.6. The number of cyclic esters (lactones) is 1. The highest BCUT2D eigenvalue weighted by Gasteiger charge is 2.15. The van der Waals surface area contributed by atoms with E-state index in [4.69, 9.17) is 0 Å². The Hall–Kier alpha value is -0.570. The van der Waals surface area contributed by atoms with Crippen molar-refractivity contribution in [2.24, 2.45) is 0 Å². The minimum atomic E-state index is -0.185. The molecule has 39 valence electrons. The van der Waals surface area contributed by atoms with Gasteiger partial charge in [0.25, 0.3) is 0 Å². The average molecular weight is 100 g/mol. The molecule has 0 aromatic heterocycles. The second kappa shape index (κ2) is 1.50. The summed E-state index contributed by atoms with van der Waals surface area (Å²) in [5, 5.41) is 0. The number of rotatable bonds is 0. The Morgan fingerprint density at radius 2 is 2.57 bits per heavy atom. The van der Waals surface area contributed by atoms with Crippen molar-refractivity contribution in [3.8, 4) is 0 Å². The van der Waals surface area contributed by atoms with Gasteiger partial charge in [0.15, 0.2) is 0 Å². The number of hydrogen-bond donors (Lipinski definition) is 0. The van der Waals surface area contributed by atoms with Crippen LogP contribution < -0.4 is 0 Å². The smallest absolute Gasteiger partial charge is 0.321 e. The van der Waals surface area contributed by atoms with Crippen LogP contribution >= 0.6 is 0 Å². The Bertz CT molecular complexity index is 91.7. The molecule has 0 bridgehead atoms. The van der Waals surface area contributed by atoms with E-state index in [1.807, 2.05) is 0 Å². The van der Waals surface area contributed by atoms with E-state index in [0.717, 1.165) is 0 Å². The predicted octanol–water partition coefficient (Wildman–Crippen LogP) is -0.406. The van der Waals surface area contributed by atoms with E-state index in [0.29, 0.717) is 13.3 Å². The quantitative estimate of drug-likeness (QED) is 0.388. The summed E-state index contributed by atoms with van der Waals surface area (Å²) in [6.45, 7) is 0.679. The topological polar surface area (TPSA) is 29.5 Å². The van der Waals surface area contributed by atoms with Crippen molar-refractivity contribution in [2.45, 2.75) is 0 Å². The van der Waals surface area contributed by atoms with Gasteiger partial charge in [-0.2, -0.15) is 0 Å². The Morgan fingerprint density at radius 3 is 2.71 bits per heavy atom. The van der Waals surface area contributed by atoms with E-state index in [9.17, 15) is 4.79 Å². The summed E-state index contributed by atoms with van der Waals surface area (Å²) < 4.78 is 4.49. The van der Waals surface area contributed by atoms with E-state index in [1.54, 1.807) is 4.90 Å². The maximum Gasteiger partial charge on any atom is 0.321 e. The molecule has 1 saturated heterocycles.